The molecule has 1 aromatic carbocycles. The van der Waals surface area contributed by atoms with E-state index in [4.69, 9.17) is 0 Å². The van der Waals surface area contributed by atoms with Crippen molar-refractivity contribution in [2.75, 3.05) is 18.4 Å². The smallest absolute Gasteiger partial charge is 0.367 e. The lowest BCUT2D eigenvalue weighted by atomic mass is 10.2. The minimum Gasteiger partial charge on any atom is -0.367 e. The number of carbonyl (C=O) groups is 1. The molecular formula is C17H15F5N6O. The van der Waals surface area contributed by atoms with Crippen molar-refractivity contribution in [3.63, 3.8) is 0 Å². The Labute approximate surface area is 160 Å². The molecule has 0 unspecified atom stereocenters. The average Bonchev–Trinajstić information content (AvgIpc) is 3.07. The number of halogens is 5. The maximum absolute atomic E-state index is 13.6. The van der Waals surface area contributed by atoms with E-state index in [2.05, 4.69) is 25.9 Å². The van der Waals surface area contributed by atoms with Gasteiger partial charge in [0.15, 0.2) is 5.65 Å². The Bertz CT molecular complexity index is 1060. The van der Waals surface area contributed by atoms with Crippen LogP contribution in [0.5, 0.6) is 0 Å². The number of hydrogen-bond donors (Lipinski definition) is 2. The number of aryl methyl sites for hydroxylation is 1. The lowest BCUT2D eigenvalue weighted by Crippen LogP contribution is -2.30. The number of hydrogen-bond acceptors (Lipinski definition) is 5. The zero-order valence-electron chi connectivity index (χ0n) is 15.2. The number of amides is 1. The van der Waals surface area contributed by atoms with E-state index >= 15 is 0 Å². The predicted molar refractivity (Wildman–Crippen MR) is 92.4 cm³/mol. The number of nitrogens with one attached hydrogen (secondary N) is 2. The molecule has 0 aliphatic rings. The molecule has 3 aromatic rings. The Morgan fingerprint density at radius 3 is 2.34 bits per heavy atom. The van der Waals surface area contributed by atoms with Crippen LogP contribution in [0.2, 0.25) is 0 Å². The molecule has 2 heterocycles. The second-order valence-corrected chi connectivity index (χ2v) is 6.13. The van der Waals surface area contributed by atoms with E-state index < -0.39 is 35.1 Å². The fraction of sp³-hybridized carbons (Fsp3) is 0.294. The first-order chi connectivity index (χ1) is 13.6. The first-order valence-corrected chi connectivity index (χ1v) is 8.37. The minimum atomic E-state index is -4.73. The number of benzene rings is 1. The van der Waals surface area contributed by atoms with Crippen LogP contribution in [0, 0.1) is 25.5 Å². The monoisotopic (exact) mass is 414 g/mol. The van der Waals surface area contributed by atoms with Gasteiger partial charge in [-0.15, -0.1) is 15.3 Å². The molecule has 2 aromatic heterocycles. The van der Waals surface area contributed by atoms with Crippen LogP contribution in [0.3, 0.4) is 0 Å². The van der Waals surface area contributed by atoms with Gasteiger partial charge in [-0.1, -0.05) is 6.07 Å². The van der Waals surface area contributed by atoms with E-state index in [9.17, 15) is 26.7 Å². The highest BCUT2D eigenvalue weighted by atomic mass is 19.4. The molecule has 7 nitrogen and oxygen atoms in total. The van der Waals surface area contributed by atoms with Crippen molar-refractivity contribution in [1.82, 2.24) is 25.1 Å². The van der Waals surface area contributed by atoms with Gasteiger partial charge in [-0.05, 0) is 31.5 Å². The third-order valence-electron chi connectivity index (χ3n) is 4.24. The maximum Gasteiger partial charge on any atom is 0.453 e. The third-order valence-corrected chi connectivity index (χ3v) is 4.24. The quantitative estimate of drug-likeness (QED) is 0.496. The summed E-state index contributed by atoms with van der Waals surface area (Å²) in [4.78, 5) is 11.9. The van der Waals surface area contributed by atoms with Gasteiger partial charge in [0.05, 0.1) is 0 Å². The summed E-state index contributed by atoms with van der Waals surface area (Å²) in [6.07, 6.45) is -4.73. The van der Waals surface area contributed by atoms with Crippen molar-refractivity contribution in [1.29, 1.82) is 0 Å². The van der Waals surface area contributed by atoms with E-state index in [1.165, 1.54) is 0 Å². The molecule has 0 bridgehead atoms. The van der Waals surface area contributed by atoms with Crippen LogP contribution < -0.4 is 10.6 Å². The van der Waals surface area contributed by atoms with Crippen molar-refractivity contribution in [2.45, 2.75) is 20.0 Å². The third kappa shape index (κ3) is 3.96. The van der Waals surface area contributed by atoms with E-state index in [1.807, 2.05) is 0 Å². The van der Waals surface area contributed by atoms with E-state index in [1.54, 1.807) is 13.8 Å². The normalized spacial score (nSPS) is 11.7. The Balaban J connectivity index is 1.72. The Morgan fingerprint density at radius 2 is 1.72 bits per heavy atom. The fourth-order valence-corrected chi connectivity index (χ4v) is 2.63. The van der Waals surface area contributed by atoms with Crippen molar-refractivity contribution in [2.24, 2.45) is 0 Å². The summed E-state index contributed by atoms with van der Waals surface area (Å²) in [6.45, 7) is 3.21. The van der Waals surface area contributed by atoms with Gasteiger partial charge < -0.3 is 10.6 Å². The number of carbonyl (C=O) groups excluding carboxylic acids is 1. The molecular weight excluding hydrogens is 399 g/mol. The van der Waals surface area contributed by atoms with Crippen LogP contribution in [0.1, 0.15) is 27.3 Å². The molecule has 2 N–H and O–H groups in total. The summed E-state index contributed by atoms with van der Waals surface area (Å²) in [5.41, 5.74) is 0.259. The van der Waals surface area contributed by atoms with Crippen LogP contribution in [0.15, 0.2) is 18.2 Å². The van der Waals surface area contributed by atoms with Crippen molar-refractivity contribution in [3.8, 4) is 0 Å². The van der Waals surface area contributed by atoms with Crippen LogP contribution in [-0.2, 0) is 6.18 Å². The van der Waals surface area contributed by atoms with Gasteiger partial charge in [-0.2, -0.15) is 17.7 Å². The summed E-state index contributed by atoms with van der Waals surface area (Å²) in [5.74, 6) is -4.08. The summed E-state index contributed by atoms with van der Waals surface area (Å²) < 4.78 is 66.9. The van der Waals surface area contributed by atoms with Crippen LogP contribution in [0.25, 0.3) is 5.65 Å². The maximum atomic E-state index is 13.6. The van der Waals surface area contributed by atoms with Gasteiger partial charge in [0.2, 0.25) is 0 Å². The number of fused-ring (bicyclic) bond motifs is 1. The van der Waals surface area contributed by atoms with Crippen molar-refractivity contribution >= 4 is 17.4 Å². The molecule has 1 amide bonds. The SMILES string of the molecule is Cc1c(NCCNC(=O)c2c(F)cccc2F)nn2c(C(F)(F)F)nnc2c1C. The van der Waals surface area contributed by atoms with Crippen molar-refractivity contribution in [3.05, 3.63) is 52.3 Å². The lowest BCUT2D eigenvalue weighted by molar-refractivity contribution is -0.146. The molecule has 0 saturated carbocycles. The molecule has 0 fully saturated rings. The molecule has 12 heteroatoms. The molecule has 0 aliphatic carbocycles. The summed E-state index contributed by atoms with van der Waals surface area (Å²) in [6, 6.07) is 3.05. The fourth-order valence-electron chi connectivity index (χ4n) is 2.63. The topological polar surface area (TPSA) is 84.2 Å². The standard InChI is InChI=1S/C17H15F5N6O/c1-8-9(2)14-25-26-16(17(20,21)22)28(14)27-13(8)23-6-7-24-15(29)12-10(18)4-3-5-11(12)19/h3-5H,6-7H2,1-2H3,(H,23,27)(H,24,29). The lowest BCUT2D eigenvalue weighted by Gasteiger charge is -2.13. The van der Waals surface area contributed by atoms with Gasteiger partial charge in [-0.25, -0.2) is 8.78 Å². The summed E-state index contributed by atoms with van der Waals surface area (Å²) in [5, 5.41) is 15.7. The minimum absolute atomic E-state index is 0.0243. The molecule has 0 spiro atoms. The van der Waals surface area contributed by atoms with E-state index in [0.29, 0.717) is 15.6 Å². The van der Waals surface area contributed by atoms with E-state index in [0.717, 1.165) is 18.2 Å². The Morgan fingerprint density at radius 1 is 1.07 bits per heavy atom. The number of nitrogens with zero attached hydrogens (tertiary/aromatic N) is 4. The highest BCUT2D eigenvalue weighted by Crippen LogP contribution is 2.29. The number of rotatable bonds is 5. The average molecular weight is 414 g/mol. The van der Waals surface area contributed by atoms with Gasteiger partial charge in [0.25, 0.3) is 11.7 Å². The first kappa shape index (κ1) is 20.4. The molecule has 154 valence electrons. The Hall–Kier alpha value is -3.31. The second kappa shape index (κ2) is 7.60. The predicted octanol–water partition coefficient (Wildman–Crippen LogP) is 2.88. The number of anilines is 1. The molecule has 0 radical (unpaired) electrons. The van der Waals surface area contributed by atoms with Crippen LogP contribution >= 0.6 is 0 Å². The molecule has 29 heavy (non-hydrogen) atoms. The van der Waals surface area contributed by atoms with Crippen molar-refractivity contribution < 1.29 is 26.7 Å². The summed E-state index contributed by atoms with van der Waals surface area (Å²) >= 11 is 0. The number of aromatic nitrogens is 4. The van der Waals surface area contributed by atoms with Gasteiger partial charge >= 0.3 is 6.18 Å². The highest BCUT2D eigenvalue weighted by Gasteiger charge is 2.38. The summed E-state index contributed by atoms with van der Waals surface area (Å²) in [7, 11) is 0. The number of alkyl halides is 3. The first-order valence-electron chi connectivity index (χ1n) is 8.37. The largest absolute Gasteiger partial charge is 0.453 e. The van der Waals surface area contributed by atoms with Crippen LogP contribution in [0.4, 0.5) is 27.8 Å². The van der Waals surface area contributed by atoms with Gasteiger partial charge in [-0.3, -0.25) is 4.79 Å². The highest BCUT2D eigenvalue weighted by molar-refractivity contribution is 5.94. The zero-order chi connectivity index (χ0) is 21.3. The van der Waals surface area contributed by atoms with Gasteiger partial charge in [0.1, 0.15) is 23.0 Å². The van der Waals surface area contributed by atoms with Crippen LogP contribution in [-0.4, -0.2) is 38.8 Å². The molecule has 0 saturated heterocycles. The molecule has 0 atom stereocenters. The zero-order valence-corrected chi connectivity index (χ0v) is 15.2. The van der Waals surface area contributed by atoms with Gasteiger partial charge in [0, 0.05) is 18.7 Å². The molecule has 0 aliphatic heterocycles. The second-order valence-electron chi connectivity index (χ2n) is 6.13. The Kier molecular flexibility index (Phi) is 5.36. The molecule has 3 rings (SSSR count). The van der Waals surface area contributed by atoms with E-state index in [-0.39, 0.29) is 24.6 Å².